The first-order chi connectivity index (χ1) is 21.3. The van der Waals surface area contributed by atoms with Crippen molar-refractivity contribution >= 4 is 89.5 Å². The Balaban J connectivity index is 1.46. The molecule has 0 radical (unpaired) electrons. The van der Waals surface area contributed by atoms with Crippen molar-refractivity contribution in [3.05, 3.63) is 102 Å². The molecule has 18 heteroatoms. The minimum absolute atomic E-state index is 0.0468. The van der Waals surface area contributed by atoms with Crippen molar-refractivity contribution in [2.45, 2.75) is 30.9 Å². The Morgan fingerprint density at radius 2 is 1.87 bits per heavy atom. The SMILES string of the molecule is Cc1oc(=O)oc1COC(=O)[C@H](Cc1ccc(F)c(Br)c1)NC(=O)c1cc(Cl)c(Cl)cc1NS(=O)(=O)c1cccc2nsnc12. The summed E-state index contributed by atoms with van der Waals surface area (Å²) in [6.45, 7) is 0.937. The molecule has 45 heavy (non-hydrogen) atoms. The highest BCUT2D eigenvalue weighted by Gasteiger charge is 2.28. The fourth-order valence-corrected chi connectivity index (χ4v) is 6.68. The van der Waals surface area contributed by atoms with Gasteiger partial charge in [-0.2, -0.15) is 8.75 Å². The molecule has 5 rings (SSSR count). The Kier molecular flexibility index (Phi) is 9.60. The van der Waals surface area contributed by atoms with Gasteiger partial charge in [0, 0.05) is 6.42 Å². The van der Waals surface area contributed by atoms with Crippen LogP contribution in [0.5, 0.6) is 0 Å². The van der Waals surface area contributed by atoms with Crippen LogP contribution in [0.1, 0.15) is 27.4 Å². The molecule has 1 atom stereocenters. The van der Waals surface area contributed by atoms with Gasteiger partial charge in [-0.05, 0) is 64.8 Å². The molecule has 3 aromatic carbocycles. The number of nitrogens with zero attached hydrogens (tertiary/aromatic N) is 2. The summed E-state index contributed by atoms with van der Waals surface area (Å²) in [4.78, 5) is 38.1. The van der Waals surface area contributed by atoms with E-state index >= 15 is 0 Å². The van der Waals surface area contributed by atoms with Crippen LogP contribution in [0, 0.1) is 12.7 Å². The number of benzene rings is 3. The molecule has 2 N–H and O–H groups in total. The van der Waals surface area contributed by atoms with Crippen LogP contribution in [0.3, 0.4) is 0 Å². The minimum atomic E-state index is -4.34. The number of carbonyl (C=O) groups is 2. The van der Waals surface area contributed by atoms with Gasteiger partial charge in [0.15, 0.2) is 18.1 Å². The Labute approximate surface area is 276 Å². The number of amides is 1. The summed E-state index contributed by atoms with van der Waals surface area (Å²) in [5, 5.41) is 2.37. The summed E-state index contributed by atoms with van der Waals surface area (Å²) in [6, 6.07) is 9.25. The van der Waals surface area contributed by atoms with E-state index in [4.69, 9.17) is 36.8 Å². The van der Waals surface area contributed by atoms with Gasteiger partial charge < -0.3 is 18.9 Å². The lowest BCUT2D eigenvalue weighted by Crippen LogP contribution is -2.43. The van der Waals surface area contributed by atoms with Crippen LogP contribution in [0.25, 0.3) is 11.0 Å². The number of rotatable bonds is 10. The number of esters is 1. The topological polar surface area (TPSA) is 171 Å². The molecular weight excluding hydrogens is 742 g/mol. The summed E-state index contributed by atoms with van der Waals surface area (Å²) in [6.07, 6.45) is -0.182. The zero-order valence-electron chi connectivity index (χ0n) is 22.6. The van der Waals surface area contributed by atoms with Crippen molar-refractivity contribution < 1.29 is 36.0 Å². The Bertz CT molecular complexity index is 2120. The molecule has 1 amide bonds. The van der Waals surface area contributed by atoms with E-state index in [0.717, 1.165) is 29.9 Å². The van der Waals surface area contributed by atoms with Gasteiger partial charge in [-0.25, -0.2) is 22.4 Å². The van der Waals surface area contributed by atoms with Crippen molar-refractivity contribution in [2.24, 2.45) is 0 Å². The molecule has 2 heterocycles. The molecule has 0 aliphatic heterocycles. The maximum absolute atomic E-state index is 13.9. The molecule has 0 spiro atoms. The summed E-state index contributed by atoms with van der Waals surface area (Å²) in [5.41, 5.74) is 0.365. The quantitative estimate of drug-likeness (QED) is 0.170. The Morgan fingerprint density at radius 3 is 2.58 bits per heavy atom. The van der Waals surface area contributed by atoms with Crippen LogP contribution in [0.4, 0.5) is 10.1 Å². The lowest BCUT2D eigenvalue weighted by molar-refractivity contribution is -0.147. The number of aryl methyl sites for hydroxylation is 1. The maximum atomic E-state index is 13.9. The molecule has 0 saturated heterocycles. The molecule has 2 aromatic heterocycles. The highest BCUT2D eigenvalue weighted by Crippen LogP contribution is 2.32. The molecule has 0 aliphatic carbocycles. The number of carbonyl (C=O) groups excluding carboxylic acids is 2. The summed E-state index contributed by atoms with van der Waals surface area (Å²) in [5.74, 6) is -3.39. The fraction of sp³-hybridized carbons (Fsp3) is 0.148. The Morgan fingerprint density at radius 1 is 1.11 bits per heavy atom. The fourth-order valence-electron chi connectivity index (χ4n) is 4.09. The van der Waals surface area contributed by atoms with Crippen molar-refractivity contribution in [1.29, 1.82) is 0 Å². The van der Waals surface area contributed by atoms with Crippen LogP contribution in [0.15, 0.2) is 71.5 Å². The van der Waals surface area contributed by atoms with Crippen LogP contribution in [-0.2, 0) is 32.6 Å². The molecule has 0 aliphatic rings. The summed E-state index contributed by atoms with van der Waals surface area (Å²) >= 11 is 16.3. The average molecular weight is 760 g/mol. The molecule has 0 fully saturated rings. The normalized spacial score (nSPS) is 12.2. The lowest BCUT2D eigenvalue weighted by Gasteiger charge is -2.20. The van der Waals surface area contributed by atoms with E-state index in [1.165, 1.54) is 31.2 Å². The predicted molar refractivity (Wildman–Crippen MR) is 166 cm³/mol. The predicted octanol–water partition coefficient (Wildman–Crippen LogP) is 5.64. The highest BCUT2D eigenvalue weighted by atomic mass is 79.9. The van der Waals surface area contributed by atoms with E-state index in [9.17, 15) is 27.2 Å². The van der Waals surface area contributed by atoms with Crippen molar-refractivity contribution in [1.82, 2.24) is 14.1 Å². The van der Waals surface area contributed by atoms with Crippen molar-refractivity contribution in [3.8, 4) is 0 Å². The van der Waals surface area contributed by atoms with E-state index in [1.807, 2.05) is 0 Å². The van der Waals surface area contributed by atoms with E-state index in [0.29, 0.717) is 11.1 Å². The number of nitrogens with one attached hydrogen (secondary N) is 2. The first-order valence-electron chi connectivity index (χ1n) is 12.6. The molecule has 5 aromatic rings. The van der Waals surface area contributed by atoms with E-state index in [1.54, 1.807) is 6.07 Å². The number of halogens is 4. The first-order valence-corrected chi connectivity index (χ1v) is 16.3. The largest absolute Gasteiger partial charge is 0.519 e. The summed E-state index contributed by atoms with van der Waals surface area (Å²) in [7, 11) is -4.34. The third kappa shape index (κ3) is 7.36. The minimum Gasteiger partial charge on any atom is -0.456 e. The van der Waals surface area contributed by atoms with Gasteiger partial charge in [-0.1, -0.05) is 35.3 Å². The second-order valence-electron chi connectivity index (χ2n) is 9.33. The third-order valence-electron chi connectivity index (χ3n) is 6.28. The number of hydrogen-bond donors (Lipinski definition) is 2. The second kappa shape index (κ2) is 13.3. The van der Waals surface area contributed by atoms with Crippen LogP contribution in [0.2, 0.25) is 10.0 Å². The van der Waals surface area contributed by atoms with Crippen LogP contribution in [-0.4, -0.2) is 35.1 Å². The number of anilines is 1. The molecule has 0 unspecified atom stereocenters. The molecule has 234 valence electrons. The second-order valence-corrected chi connectivity index (χ2v) is 13.2. The third-order valence-corrected chi connectivity index (χ3v) is 9.55. The lowest BCUT2D eigenvalue weighted by atomic mass is 10.0. The molecule has 12 nitrogen and oxygen atoms in total. The zero-order valence-corrected chi connectivity index (χ0v) is 27.3. The standard InChI is InChI=1S/C27H18BrCl2FN4O8S2/c1-12-22(43-27(38)42-12)11-41-26(37)21(8-13-5-6-18(31)15(28)7-13)32-25(36)14-9-16(29)17(30)10-20(14)35-45(39,40)23-4-2-3-19-24(23)34-44-33-19/h2-7,9-10,21,35H,8,11H2,1H3,(H,32,36)/t21-/m0/s1. The van der Waals surface area contributed by atoms with E-state index in [-0.39, 0.29) is 54.1 Å². The van der Waals surface area contributed by atoms with Gasteiger partial charge >= 0.3 is 11.8 Å². The smallest absolute Gasteiger partial charge is 0.456 e. The number of ether oxygens (including phenoxy) is 1. The summed E-state index contributed by atoms with van der Waals surface area (Å²) < 4.78 is 66.2. The number of fused-ring (bicyclic) bond motifs is 1. The number of aromatic nitrogens is 2. The Hall–Kier alpha value is -3.83. The van der Waals surface area contributed by atoms with E-state index < -0.39 is 46.2 Å². The van der Waals surface area contributed by atoms with Gasteiger partial charge in [-0.3, -0.25) is 9.52 Å². The highest BCUT2D eigenvalue weighted by molar-refractivity contribution is 9.10. The maximum Gasteiger partial charge on any atom is 0.519 e. The average Bonchev–Trinajstić information content (AvgIpc) is 3.59. The van der Waals surface area contributed by atoms with Gasteiger partial charge in [0.25, 0.3) is 15.9 Å². The van der Waals surface area contributed by atoms with E-state index in [2.05, 4.69) is 34.7 Å². The van der Waals surface area contributed by atoms with Crippen LogP contribution >= 0.6 is 50.9 Å². The van der Waals surface area contributed by atoms with Crippen LogP contribution < -0.4 is 15.9 Å². The first kappa shape index (κ1) is 32.6. The monoisotopic (exact) mass is 758 g/mol. The van der Waals surface area contributed by atoms with Gasteiger partial charge in [0.1, 0.15) is 27.8 Å². The molecule has 0 saturated carbocycles. The van der Waals surface area contributed by atoms with Gasteiger partial charge in [0.2, 0.25) is 0 Å². The van der Waals surface area contributed by atoms with Gasteiger partial charge in [-0.15, -0.1) is 0 Å². The zero-order chi connectivity index (χ0) is 32.5. The van der Waals surface area contributed by atoms with Crippen molar-refractivity contribution in [3.63, 3.8) is 0 Å². The van der Waals surface area contributed by atoms with Gasteiger partial charge in [0.05, 0.1) is 37.5 Å². The molecule has 0 bridgehead atoms. The number of hydrogen-bond acceptors (Lipinski definition) is 11. The molecular formula is C27H18BrCl2FN4O8S2. The number of sulfonamides is 1. The van der Waals surface area contributed by atoms with Crippen molar-refractivity contribution in [2.75, 3.05) is 4.72 Å².